The lowest BCUT2D eigenvalue weighted by Crippen LogP contribution is -2.24. The quantitative estimate of drug-likeness (QED) is 0.660. The molecule has 4 rings (SSSR count). The van der Waals surface area contributed by atoms with Crippen molar-refractivity contribution in [2.75, 3.05) is 11.4 Å². The number of hydrogen-bond donors (Lipinski definition) is 0. The topological polar surface area (TPSA) is 38.1 Å². The highest BCUT2D eigenvalue weighted by atomic mass is 19.1. The molecule has 1 fully saturated rings. The fourth-order valence-corrected chi connectivity index (χ4v) is 3.59. The first-order chi connectivity index (χ1) is 12.5. The van der Waals surface area contributed by atoms with Crippen LogP contribution in [0.25, 0.3) is 11.0 Å². The minimum atomic E-state index is -0.305. The first-order valence-electron chi connectivity index (χ1n) is 8.68. The highest BCUT2D eigenvalue weighted by Crippen LogP contribution is 2.33. The van der Waals surface area contributed by atoms with Crippen LogP contribution in [0.5, 0.6) is 0 Å². The molecule has 0 spiro atoms. The number of para-hydroxylation sites is 2. The molecule has 0 saturated carbocycles. The second-order valence-electron chi connectivity index (χ2n) is 6.88. The van der Waals surface area contributed by atoms with Gasteiger partial charge in [-0.05, 0) is 43.3 Å². The summed E-state index contributed by atoms with van der Waals surface area (Å²) in [4.78, 5) is 19.1. The van der Waals surface area contributed by atoms with Gasteiger partial charge < -0.3 is 9.47 Å². The molecule has 1 aliphatic heterocycles. The number of halogens is 1. The van der Waals surface area contributed by atoms with E-state index in [0.29, 0.717) is 19.5 Å². The fraction of sp³-hybridized carbons (Fsp3) is 0.238. The van der Waals surface area contributed by atoms with Crippen molar-refractivity contribution < 1.29 is 9.18 Å². The molecule has 1 saturated heterocycles. The van der Waals surface area contributed by atoms with Gasteiger partial charge in [0.2, 0.25) is 5.91 Å². The zero-order valence-electron chi connectivity index (χ0n) is 14.7. The van der Waals surface area contributed by atoms with E-state index in [1.807, 2.05) is 31.2 Å². The smallest absolute Gasteiger partial charge is 0.227 e. The van der Waals surface area contributed by atoms with Crippen LogP contribution in [-0.2, 0) is 11.3 Å². The average molecular weight is 349 g/mol. The third kappa shape index (κ3) is 2.90. The Kier molecular flexibility index (Phi) is 4.07. The lowest BCUT2D eigenvalue weighted by Gasteiger charge is -2.17. The third-order valence-electron chi connectivity index (χ3n) is 4.74. The maximum Gasteiger partial charge on any atom is 0.227 e. The molecule has 1 amide bonds. The standard InChI is InChI=1S/C21H20FN3O/c1-14(2)12-25-19-6-4-3-5-18(19)23-21(25)15-11-20(26)24(13-15)17-9-7-16(22)8-10-17/h3-10,15H,1,11-13H2,2H3/t15-/m0/s1. The molecule has 3 aromatic rings. The number of allylic oxidation sites excluding steroid dienone is 1. The molecular formula is C21H20FN3O. The number of imidazole rings is 1. The molecule has 1 atom stereocenters. The van der Waals surface area contributed by atoms with Crippen LogP contribution in [0.3, 0.4) is 0 Å². The van der Waals surface area contributed by atoms with E-state index in [4.69, 9.17) is 4.98 Å². The highest BCUT2D eigenvalue weighted by Gasteiger charge is 2.34. The Morgan fingerprint density at radius 1 is 1.23 bits per heavy atom. The fourth-order valence-electron chi connectivity index (χ4n) is 3.59. The van der Waals surface area contributed by atoms with E-state index in [0.717, 1.165) is 28.1 Å². The summed E-state index contributed by atoms with van der Waals surface area (Å²) < 4.78 is 15.3. The first-order valence-corrected chi connectivity index (χ1v) is 8.68. The van der Waals surface area contributed by atoms with Crippen LogP contribution in [0.15, 0.2) is 60.7 Å². The molecular weight excluding hydrogens is 329 g/mol. The molecule has 0 bridgehead atoms. The SMILES string of the molecule is C=C(C)Cn1c([C@H]2CC(=O)N(c3ccc(F)cc3)C2)nc2ccccc21. The van der Waals surface area contributed by atoms with Crippen molar-refractivity contribution in [1.29, 1.82) is 0 Å². The summed E-state index contributed by atoms with van der Waals surface area (Å²) in [6.45, 7) is 7.24. The number of aromatic nitrogens is 2. The van der Waals surface area contributed by atoms with Crippen molar-refractivity contribution in [3.63, 3.8) is 0 Å². The monoisotopic (exact) mass is 349 g/mol. The molecule has 1 aliphatic rings. The van der Waals surface area contributed by atoms with E-state index < -0.39 is 0 Å². The van der Waals surface area contributed by atoms with Crippen molar-refractivity contribution in [3.8, 4) is 0 Å². The predicted molar refractivity (Wildman–Crippen MR) is 101 cm³/mol. The number of anilines is 1. The zero-order valence-corrected chi connectivity index (χ0v) is 14.7. The lowest BCUT2D eigenvalue weighted by molar-refractivity contribution is -0.117. The molecule has 0 aliphatic carbocycles. The van der Waals surface area contributed by atoms with E-state index >= 15 is 0 Å². The number of nitrogens with zero attached hydrogens (tertiary/aromatic N) is 3. The van der Waals surface area contributed by atoms with Gasteiger partial charge in [0.1, 0.15) is 11.6 Å². The normalized spacial score (nSPS) is 17.2. The van der Waals surface area contributed by atoms with Crippen LogP contribution in [0.4, 0.5) is 10.1 Å². The number of carbonyl (C=O) groups is 1. The molecule has 5 heteroatoms. The highest BCUT2D eigenvalue weighted by molar-refractivity contribution is 5.96. The van der Waals surface area contributed by atoms with Crippen LogP contribution >= 0.6 is 0 Å². The van der Waals surface area contributed by atoms with Crippen LogP contribution in [-0.4, -0.2) is 22.0 Å². The maximum atomic E-state index is 13.2. The molecule has 2 heterocycles. The molecule has 0 N–H and O–H groups in total. The summed E-state index contributed by atoms with van der Waals surface area (Å²) in [6, 6.07) is 14.0. The van der Waals surface area contributed by atoms with Crippen LogP contribution in [0, 0.1) is 5.82 Å². The second-order valence-corrected chi connectivity index (χ2v) is 6.88. The number of rotatable bonds is 4. The van der Waals surface area contributed by atoms with Crippen LogP contribution < -0.4 is 4.90 Å². The van der Waals surface area contributed by atoms with Gasteiger partial charge in [0.25, 0.3) is 0 Å². The van der Waals surface area contributed by atoms with Crippen molar-refractivity contribution in [2.45, 2.75) is 25.8 Å². The van der Waals surface area contributed by atoms with Crippen molar-refractivity contribution in [3.05, 3.63) is 72.3 Å². The lowest BCUT2D eigenvalue weighted by atomic mass is 10.1. The molecule has 0 radical (unpaired) electrons. The summed E-state index contributed by atoms with van der Waals surface area (Å²) in [6.07, 6.45) is 0.400. The van der Waals surface area contributed by atoms with Crippen molar-refractivity contribution in [2.24, 2.45) is 0 Å². The van der Waals surface area contributed by atoms with Gasteiger partial charge in [0, 0.05) is 31.1 Å². The molecule has 4 nitrogen and oxygen atoms in total. The Morgan fingerprint density at radius 2 is 1.96 bits per heavy atom. The summed E-state index contributed by atoms with van der Waals surface area (Å²) in [5.41, 5.74) is 3.74. The Bertz CT molecular complexity index is 990. The summed E-state index contributed by atoms with van der Waals surface area (Å²) in [5, 5.41) is 0. The van der Waals surface area contributed by atoms with Crippen molar-refractivity contribution in [1.82, 2.24) is 9.55 Å². The van der Waals surface area contributed by atoms with E-state index in [9.17, 15) is 9.18 Å². The van der Waals surface area contributed by atoms with E-state index in [1.165, 1.54) is 12.1 Å². The molecule has 26 heavy (non-hydrogen) atoms. The van der Waals surface area contributed by atoms with Gasteiger partial charge in [-0.1, -0.05) is 24.3 Å². The van der Waals surface area contributed by atoms with Gasteiger partial charge in [-0.2, -0.15) is 0 Å². The summed E-state index contributed by atoms with van der Waals surface area (Å²) >= 11 is 0. The van der Waals surface area contributed by atoms with E-state index in [1.54, 1.807) is 17.0 Å². The first kappa shape index (κ1) is 16.5. The maximum absolute atomic E-state index is 13.2. The van der Waals surface area contributed by atoms with Gasteiger partial charge in [-0.15, -0.1) is 0 Å². The summed E-state index contributed by atoms with van der Waals surface area (Å²) in [7, 11) is 0. The van der Waals surface area contributed by atoms with Gasteiger partial charge in [-0.25, -0.2) is 9.37 Å². The molecule has 1 aromatic heterocycles. The van der Waals surface area contributed by atoms with Gasteiger partial charge in [-0.3, -0.25) is 4.79 Å². The minimum Gasteiger partial charge on any atom is -0.324 e. The van der Waals surface area contributed by atoms with Gasteiger partial charge in [0.15, 0.2) is 0 Å². The van der Waals surface area contributed by atoms with Gasteiger partial charge >= 0.3 is 0 Å². The Balaban J connectivity index is 1.71. The number of hydrogen-bond acceptors (Lipinski definition) is 2. The summed E-state index contributed by atoms with van der Waals surface area (Å²) in [5.74, 6) is 0.641. The Labute approximate surface area is 151 Å². The van der Waals surface area contributed by atoms with E-state index in [2.05, 4.69) is 11.1 Å². The average Bonchev–Trinajstić information content (AvgIpc) is 3.16. The van der Waals surface area contributed by atoms with E-state index in [-0.39, 0.29) is 17.6 Å². The Hall–Kier alpha value is -2.95. The number of benzene rings is 2. The molecule has 0 unspecified atom stereocenters. The number of fused-ring (bicyclic) bond motifs is 1. The van der Waals surface area contributed by atoms with Crippen LogP contribution in [0.1, 0.15) is 25.1 Å². The third-order valence-corrected chi connectivity index (χ3v) is 4.74. The van der Waals surface area contributed by atoms with Crippen LogP contribution in [0.2, 0.25) is 0 Å². The zero-order chi connectivity index (χ0) is 18.3. The predicted octanol–water partition coefficient (Wildman–Crippen LogP) is 4.27. The molecule has 132 valence electrons. The van der Waals surface area contributed by atoms with Crippen molar-refractivity contribution >= 4 is 22.6 Å². The minimum absolute atomic E-state index is 0.000645. The largest absolute Gasteiger partial charge is 0.324 e. The second kappa shape index (κ2) is 6.41. The number of amides is 1. The molecule has 2 aromatic carbocycles. The number of carbonyl (C=O) groups excluding carboxylic acids is 1. The van der Waals surface area contributed by atoms with Gasteiger partial charge in [0.05, 0.1) is 11.0 Å². The Morgan fingerprint density at radius 3 is 2.69 bits per heavy atom.